The van der Waals surface area contributed by atoms with E-state index in [0.29, 0.717) is 47.6 Å². The summed E-state index contributed by atoms with van der Waals surface area (Å²) in [5.41, 5.74) is 0.242. The number of likely N-dealkylation sites (tertiary alicyclic amines) is 1. The van der Waals surface area contributed by atoms with Crippen LogP contribution in [-0.4, -0.2) is 35.8 Å². The summed E-state index contributed by atoms with van der Waals surface area (Å²) in [5.74, 6) is -2.40. The van der Waals surface area contributed by atoms with E-state index in [4.69, 9.17) is 23.2 Å². The van der Waals surface area contributed by atoms with Gasteiger partial charge in [-0.1, -0.05) is 23.2 Å². The predicted octanol–water partition coefficient (Wildman–Crippen LogP) is 4.31. The van der Waals surface area contributed by atoms with Crippen molar-refractivity contribution in [2.45, 2.75) is 18.9 Å². The summed E-state index contributed by atoms with van der Waals surface area (Å²) in [7, 11) is 0. The summed E-state index contributed by atoms with van der Waals surface area (Å²) < 4.78 is 26.6. The molecule has 1 heterocycles. The molecule has 0 unspecified atom stereocenters. The van der Waals surface area contributed by atoms with E-state index in [-0.39, 0.29) is 17.5 Å². The molecule has 2 amide bonds. The molecule has 2 aromatic rings. The van der Waals surface area contributed by atoms with Gasteiger partial charge in [-0.3, -0.25) is 9.59 Å². The van der Waals surface area contributed by atoms with E-state index in [0.717, 1.165) is 12.1 Å². The fourth-order valence-corrected chi connectivity index (χ4v) is 3.27. The minimum absolute atomic E-state index is 0.164. The normalized spacial score (nSPS) is 14.9. The molecule has 1 fully saturated rings. The molecule has 2 aromatic carbocycles. The van der Waals surface area contributed by atoms with Gasteiger partial charge in [-0.2, -0.15) is 0 Å². The third kappa shape index (κ3) is 4.57. The standard InChI is InChI=1S/C19H16Cl2F2N2O2/c20-15-4-1-11(9-16(15)21)19(27)25-7-5-13(6-8-25)24-18(26)14-3-2-12(22)10-17(14)23/h1-4,9-10,13H,5-8H2,(H,24,26). The van der Waals surface area contributed by atoms with E-state index in [1.165, 1.54) is 6.07 Å². The average Bonchev–Trinajstić information content (AvgIpc) is 2.64. The van der Waals surface area contributed by atoms with Crippen molar-refractivity contribution in [2.75, 3.05) is 13.1 Å². The molecule has 1 aliphatic heterocycles. The largest absolute Gasteiger partial charge is 0.349 e. The first kappa shape index (κ1) is 19.6. The highest BCUT2D eigenvalue weighted by molar-refractivity contribution is 6.42. The Morgan fingerprint density at radius 1 is 1.00 bits per heavy atom. The molecular formula is C19H16Cl2F2N2O2. The molecule has 0 aromatic heterocycles. The van der Waals surface area contributed by atoms with Crippen LogP contribution in [0, 0.1) is 11.6 Å². The van der Waals surface area contributed by atoms with E-state index >= 15 is 0 Å². The van der Waals surface area contributed by atoms with Crippen LogP contribution in [0.4, 0.5) is 8.78 Å². The highest BCUT2D eigenvalue weighted by atomic mass is 35.5. The van der Waals surface area contributed by atoms with Crippen LogP contribution in [0.1, 0.15) is 33.6 Å². The summed E-state index contributed by atoms with van der Waals surface area (Å²) >= 11 is 11.8. The topological polar surface area (TPSA) is 49.4 Å². The van der Waals surface area contributed by atoms with E-state index in [1.54, 1.807) is 17.0 Å². The van der Waals surface area contributed by atoms with Gasteiger partial charge in [0.2, 0.25) is 0 Å². The summed E-state index contributed by atoms with van der Waals surface area (Å²) in [6.07, 6.45) is 1.06. The number of nitrogens with one attached hydrogen (secondary N) is 1. The zero-order valence-corrected chi connectivity index (χ0v) is 15.7. The van der Waals surface area contributed by atoms with Crippen LogP contribution < -0.4 is 5.32 Å². The van der Waals surface area contributed by atoms with Gasteiger partial charge in [0.1, 0.15) is 11.6 Å². The molecular weight excluding hydrogens is 397 g/mol. The SMILES string of the molecule is O=C(NC1CCN(C(=O)c2ccc(Cl)c(Cl)c2)CC1)c1ccc(F)cc1F. The molecule has 1 saturated heterocycles. The van der Waals surface area contributed by atoms with Crippen molar-refractivity contribution >= 4 is 35.0 Å². The molecule has 0 bridgehead atoms. The quantitative estimate of drug-likeness (QED) is 0.816. The highest BCUT2D eigenvalue weighted by Gasteiger charge is 2.26. The molecule has 1 N–H and O–H groups in total. The third-order valence-electron chi connectivity index (χ3n) is 4.46. The fraction of sp³-hybridized carbons (Fsp3) is 0.263. The van der Waals surface area contributed by atoms with Crippen LogP contribution in [0.3, 0.4) is 0 Å². The summed E-state index contributed by atoms with van der Waals surface area (Å²) in [6, 6.07) is 7.34. The minimum Gasteiger partial charge on any atom is -0.349 e. The monoisotopic (exact) mass is 412 g/mol. The molecule has 3 rings (SSSR count). The van der Waals surface area contributed by atoms with Crippen LogP contribution in [0.2, 0.25) is 10.0 Å². The lowest BCUT2D eigenvalue weighted by atomic mass is 10.0. The molecule has 8 heteroatoms. The zero-order chi connectivity index (χ0) is 19.6. The number of carbonyl (C=O) groups is 2. The van der Waals surface area contributed by atoms with Gasteiger partial charge in [-0.15, -0.1) is 0 Å². The van der Waals surface area contributed by atoms with Crippen molar-refractivity contribution in [1.82, 2.24) is 10.2 Å². The molecule has 0 radical (unpaired) electrons. The molecule has 0 saturated carbocycles. The molecule has 0 atom stereocenters. The molecule has 0 spiro atoms. The van der Waals surface area contributed by atoms with Crippen molar-refractivity contribution in [1.29, 1.82) is 0 Å². The zero-order valence-electron chi connectivity index (χ0n) is 14.1. The third-order valence-corrected chi connectivity index (χ3v) is 5.20. The van der Waals surface area contributed by atoms with Gasteiger partial charge in [0.15, 0.2) is 0 Å². The van der Waals surface area contributed by atoms with Gasteiger partial charge in [0, 0.05) is 30.8 Å². The lowest BCUT2D eigenvalue weighted by molar-refractivity contribution is 0.0698. The van der Waals surface area contributed by atoms with E-state index in [1.807, 2.05) is 0 Å². The Morgan fingerprint density at radius 3 is 2.33 bits per heavy atom. The number of nitrogens with zero attached hydrogens (tertiary/aromatic N) is 1. The predicted molar refractivity (Wildman–Crippen MR) is 99.2 cm³/mol. The maximum atomic E-state index is 13.7. The Labute approximate surface area is 165 Å². The molecule has 4 nitrogen and oxygen atoms in total. The van der Waals surface area contributed by atoms with Gasteiger partial charge < -0.3 is 10.2 Å². The van der Waals surface area contributed by atoms with E-state index in [2.05, 4.69) is 5.32 Å². The first-order valence-corrected chi connectivity index (χ1v) is 9.11. The van der Waals surface area contributed by atoms with E-state index in [9.17, 15) is 18.4 Å². The van der Waals surface area contributed by atoms with Crippen LogP contribution in [0.15, 0.2) is 36.4 Å². The Kier molecular flexibility index (Phi) is 5.97. The van der Waals surface area contributed by atoms with Crippen LogP contribution in [-0.2, 0) is 0 Å². The minimum atomic E-state index is -0.903. The van der Waals surface area contributed by atoms with Crippen LogP contribution >= 0.6 is 23.2 Å². The lowest BCUT2D eigenvalue weighted by Gasteiger charge is -2.32. The fourth-order valence-electron chi connectivity index (χ4n) is 2.98. The number of carbonyl (C=O) groups excluding carboxylic acids is 2. The summed E-state index contributed by atoms with van der Waals surface area (Å²) in [5, 5.41) is 3.42. The number of benzene rings is 2. The van der Waals surface area contributed by atoms with Crippen LogP contribution in [0.5, 0.6) is 0 Å². The first-order chi connectivity index (χ1) is 12.8. The average molecular weight is 413 g/mol. The maximum Gasteiger partial charge on any atom is 0.254 e. The highest BCUT2D eigenvalue weighted by Crippen LogP contribution is 2.24. The number of hydrogen-bond acceptors (Lipinski definition) is 2. The van der Waals surface area contributed by atoms with E-state index < -0.39 is 17.5 Å². The molecule has 1 aliphatic rings. The van der Waals surface area contributed by atoms with Crippen molar-refractivity contribution in [3.05, 3.63) is 69.2 Å². The van der Waals surface area contributed by atoms with Gasteiger partial charge in [0.05, 0.1) is 15.6 Å². The summed E-state index contributed by atoms with van der Waals surface area (Å²) in [6.45, 7) is 0.881. The van der Waals surface area contributed by atoms with Crippen molar-refractivity contribution in [2.24, 2.45) is 0 Å². The molecule has 27 heavy (non-hydrogen) atoms. The smallest absolute Gasteiger partial charge is 0.254 e. The van der Waals surface area contributed by atoms with Crippen molar-refractivity contribution in [3.8, 4) is 0 Å². The lowest BCUT2D eigenvalue weighted by Crippen LogP contribution is -2.46. The second-order valence-corrected chi connectivity index (χ2v) is 7.11. The van der Waals surface area contributed by atoms with Crippen molar-refractivity contribution < 1.29 is 18.4 Å². The molecule has 142 valence electrons. The number of halogens is 4. The number of rotatable bonds is 3. The Bertz CT molecular complexity index is 884. The van der Waals surface area contributed by atoms with Crippen molar-refractivity contribution in [3.63, 3.8) is 0 Å². The van der Waals surface area contributed by atoms with Gasteiger partial charge in [-0.05, 0) is 43.2 Å². The first-order valence-electron chi connectivity index (χ1n) is 8.35. The second-order valence-electron chi connectivity index (χ2n) is 6.29. The summed E-state index contributed by atoms with van der Waals surface area (Å²) in [4.78, 5) is 26.4. The van der Waals surface area contributed by atoms with Gasteiger partial charge in [0.25, 0.3) is 11.8 Å². The van der Waals surface area contributed by atoms with Gasteiger partial charge >= 0.3 is 0 Å². The maximum absolute atomic E-state index is 13.7. The Morgan fingerprint density at radius 2 is 1.70 bits per heavy atom. The Hall–Kier alpha value is -2.18. The van der Waals surface area contributed by atoms with Gasteiger partial charge in [-0.25, -0.2) is 8.78 Å². The molecule has 0 aliphatic carbocycles. The number of piperidine rings is 1. The Balaban J connectivity index is 1.57. The number of hydrogen-bond donors (Lipinski definition) is 1. The second kappa shape index (κ2) is 8.23. The van der Waals surface area contributed by atoms with Crippen LogP contribution in [0.25, 0.3) is 0 Å². The number of amides is 2.